The van der Waals surface area contributed by atoms with Crippen molar-refractivity contribution in [2.75, 3.05) is 6.61 Å². The van der Waals surface area contributed by atoms with Gasteiger partial charge in [-0.1, -0.05) is 0 Å². The van der Waals surface area contributed by atoms with Crippen molar-refractivity contribution in [3.05, 3.63) is 57.1 Å². The number of hydrogen-bond acceptors (Lipinski definition) is 25. The van der Waals surface area contributed by atoms with Gasteiger partial charge in [-0.05, 0) is 25.1 Å². The molecule has 25 nitrogen and oxygen atoms in total. The number of rotatable bonds is 0. The molecule has 15 N–H and O–H groups in total. The Kier molecular flexibility index (Phi) is 9.16. The third-order valence-corrected chi connectivity index (χ3v) is 11.7. The predicted molar refractivity (Wildman–Crippen MR) is 209 cm³/mol. The van der Waals surface area contributed by atoms with Crippen LogP contribution in [0.5, 0.6) is 80.5 Å². The fourth-order valence-corrected chi connectivity index (χ4v) is 8.49. The molecule has 5 aliphatic rings. The van der Waals surface area contributed by atoms with Crippen LogP contribution in [0, 0.1) is 6.92 Å². The minimum absolute atomic E-state index is 0.358. The molecule has 0 aliphatic carbocycles. The van der Waals surface area contributed by atoms with Crippen molar-refractivity contribution in [1.82, 2.24) is 0 Å². The quantitative estimate of drug-likeness (QED) is 0.0599. The van der Waals surface area contributed by atoms with Crippen molar-refractivity contribution >= 4 is 29.8 Å². The van der Waals surface area contributed by atoms with Crippen LogP contribution in [-0.4, -0.2) is 137 Å². The minimum atomic E-state index is -2.71. The van der Waals surface area contributed by atoms with Crippen LogP contribution in [0.15, 0.2) is 18.2 Å². The summed E-state index contributed by atoms with van der Waals surface area (Å²) in [6, 6.07) is 1.27. The molecule has 0 radical (unpaired) electrons. The maximum Gasteiger partial charge on any atom is 0.342 e. The number of aliphatic hydroxyl groups is 1. The zero-order chi connectivity index (χ0) is 48.7. The van der Waals surface area contributed by atoms with Gasteiger partial charge in [0.05, 0.1) is 22.3 Å². The maximum absolute atomic E-state index is 15.0. The van der Waals surface area contributed by atoms with Gasteiger partial charge in [-0.15, -0.1) is 0 Å². The molecule has 0 fully saturated rings. The molecule has 5 atom stereocenters. The summed E-state index contributed by atoms with van der Waals surface area (Å²) < 4.78 is 28.0. The summed E-state index contributed by atoms with van der Waals surface area (Å²) in [5, 5.41) is 167. The average Bonchev–Trinajstić information content (AvgIpc) is 3.29. The molecule has 10 rings (SSSR count). The summed E-state index contributed by atoms with van der Waals surface area (Å²) in [6.45, 7) is -0.480. The van der Waals surface area contributed by atoms with Gasteiger partial charge in [-0.2, -0.15) is 0 Å². The fraction of sp³-hybridized carbons (Fsp3) is 0.167. The molecule has 0 aromatic heterocycles. The van der Waals surface area contributed by atoms with Crippen molar-refractivity contribution in [1.29, 1.82) is 0 Å². The number of phenols is 14. The van der Waals surface area contributed by atoms with Crippen molar-refractivity contribution in [3.63, 3.8) is 0 Å². The van der Waals surface area contributed by atoms with E-state index in [0.717, 1.165) is 6.92 Å². The highest BCUT2D eigenvalue weighted by Crippen LogP contribution is 2.61. The standard InChI is InChI=1S/C42H28O25/c1-6-22(45)17-18-19-16(30(53)34(57)31(18)54)15-9(4-12(44)27(50)29(15)52)39(59)64-13-5-63-38(58)8-3-11(43)26(49)28(51)14(8)7-2-10(25(48)33(56)24(7)47)40(60)65-35(13)37(67-41(19)61)36-32(55)21(23(6)46)20(17)42(62)66-36/h2-4,13,32,35-37,43-57H,5H2,1H3/t13-,32+,35-,36+,37+/m1/s1. The lowest BCUT2D eigenvalue weighted by Gasteiger charge is -2.41. The topological polar surface area (TPSA) is 435 Å². The van der Waals surface area contributed by atoms with Crippen LogP contribution < -0.4 is 0 Å². The van der Waals surface area contributed by atoms with Gasteiger partial charge in [0.25, 0.3) is 0 Å². The number of cyclic esters (lactones) is 1. The first-order chi connectivity index (χ1) is 31.5. The molecule has 5 aromatic carbocycles. The number of aromatic hydroxyl groups is 14. The van der Waals surface area contributed by atoms with Gasteiger partial charge in [-0.3, -0.25) is 0 Å². The fourth-order valence-electron chi connectivity index (χ4n) is 8.49. The Morgan fingerprint density at radius 3 is 1.48 bits per heavy atom. The number of fused-ring (bicyclic) bond motifs is 8. The number of carbonyl (C=O) groups is 5. The van der Waals surface area contributed by atoms with Gasteiger partial charge in [0.2, 0.25) is 23.0 Å². The molecule has 0 spiro atoms. The van der Waals surface area contributed by atoms with E-state index in [9.17, 15) is 95.8 Å². The Morgan fingerprint density at radius 2 is 0.851 bits per heavy atom. The van der Waals surface area contributed by atoms with E-state index in [0.29, 0.717) is 18.2 Å². The average molecular weight is 933 g/mol. The molecule has 67 heavy (non-hydrogen) atoms. The van der Waals surface area contributed by atoms with Crippen LogP contribution in [0.1, 0.15) is 69.0 Å². The van der Waals surface area contributed by atoms with Crippen LogP contribution >= 0.6 is 0 Å². The molecule has 0 amide bonds. The van der Waals surface area contributed by atoms with E-state index >= 15 is 4.79 Å². The van der Waals surface area contributed by atoms with Crippen LogP contribution in [0.2, 0.25) is 0 Å². The van der Waals surface area contributed by atoms with Gasteiger partial charge in [-0.25, -0.2) is 24.0 Å². The number of phenolic OH excluding ortho intramolecular Hbond substituents is 14. The second kappa shape index (κ2) is 14.3. The summed E-state index contributed by atoms with van der Waals surface area (Å²) in [5.41, 5.74) is -14.0. The van der Waals surface area contributed by atoms with Gasteiger partial charge in [0, 0.05) is 44.5 Å². The van der Waals surface area contributed by atoms with E-state index in [-0.39, 0.29) is 0 Å². The second-order valence-corrected chi connectivity index (χ2v) is 15.3. The van der Waals surface area contributed by atoms with Gasteiger partial charge >= 0.3 is 29.8 Å². The van der Waals surface area contributed by atoms with Crippen LogP contribution in [0.4, 0.5) is 0 Å². The number of aliphatic hydroxyl groups excluding tert-OH is 1. The normalized spacial score (nSPS) is 20.6. The first-order valence-corrected chi connectivity index (χ1v) is 18.9. The predicted octanol–water partition coefficient (Wildman–Crippen LogP) is 1.92. The summed E-state index contributed by atoms with van der Waals surface area (Å²) in [4.78, 5) is 72.3. The molecule has 346 valence electrons. The molecule has 5 aliphatic heterocycles. The van der Waals surface area contributed by atoms with Crippen molar-refractivity contribution in [3.8, 4) is 114 Å². The van der Waals surface area contributed by atoms with Gasteiger partial charge in [0.1, 0.15) is 29.8 Å². The first kappa shape index (κ1) is 42.9. The van der Waals surface area contributed by atoms with E-state index < -0.39 is 220 Å². The number of carbonyl (C=O) groups excluding carboxylic acids is 5. The Labute approximate surface area is 368 Å². The number of benzene rings is 5. The van der Waals surface area contributed by atoms with Gasteiger partial charge < -0.3 is 100 Å². The molecular weight excluding hydrogens is 904 g/mol. The molecular formula is C42H28O25. The zero-order valence-corrected chi connectivity index (χ0v) is 33.1. The molecule has 0 saturated heterocycles. The monoisotopic (exact) mass is 932 g/mol. The molecule has 0 saturated carbocycles. The van der Waals surface area contributed by atoms with E-state index in [1.807, 2.05) is 0 Å². The third-order valence-electron chi connectivity index (χ3n) is 11.7. The Hall–Kier alpha value is -9.39. The second-order valence-electron chi connectivity index (χ2n) is 15.3. The van der Waals surface area contributed by atoms with E-state index in [1.54, 1.807) is 0 Å². The lowest BCUT2D eigenvalue weighted by atomic mass is 9.79. The van der Waals surface area contributed by atoms with Crippen molar-refractivity contribution in [2.45, 2.75) is 37.4 Å². The summed E-state index contributed by atoms with van der Waals surface area (Å²) in [6.07, 6.45) is -13.0. The third kappa shape index (κ3) is 5.73. The number of ether oxygens (including phenoxy) is 5. The Balaban J connectivity index is 1.43. The lowest BCUT2D eigenvalue weighted by molar-refractivity contribution is -0.154. The van der Waals surface area contributed by atoms with Crippen molar-refractivity contribution in [2.24, 2.45) is 0 Å². The van der Waals surface area contributed by atoms with Crippen LogP contribution in [-0.2, 0) is 23.7 Å². The summed E-state index contributed by atoms with van der Waals surface area (Å²) >= 11 is 0. The largest absolute Gasteiger partial charge is 0.507 e. The summed E-state index contributed by atoms with van der Waals surface area (Å²) in [5.74, 6) is -28.9. The van der Waals surface area contributed by atoms with Crippen LogP contribution in [0.25, 0.3) is 33.4 Å². The number of esters is 5. The van der Waals surface area contributed by atoms with Crippen LogP contribution in [0.3, 0.4) is 0 Å². The molecule has 8 bridgehead atoms. The SMILES string of the molecule is Cc1c(O)c2c3c(c1O)[C@H](O)[C@H](OC3=O)[C@H]1OC(=O)c3c(c(O)c(O)c(O)c3-2)-c2c(cc(O)c(O)c2O)C(=O)O[C@@H]2COC(=O)c3cc(O)c(O)c(O)c3-c3cc(c(O)c(O)c3O)C(=O)O[C@@H]12. The lowest BCUT2D eigenvalue weighted by Crippen LogP contribution is -2.56. The Morgan fingerprint density at radius 1 is 0.388 bits per heavy atom. The molecule has 5 aromatic rings. The van der Waals surface area contributed by atoms with Crippen molar-refractivity contribution < 1.29 is 124 Å². The number of hydrogen-bond donors (Lipinski definition) is 15. The van der Waals surface area contributed by atoms with E-state index in [2.05, 4.69) is 0 Å². The zero-order valence-electron chi connectivity index (χ0n) is 33.1. The first-order valence-electron chi connectivity index (χ1n) is 18.9. The highest BCUT2D eigenvalue weighted by Gasteiger charge is 2.55. The Bertz CT molecular complexity index is 3190. The molecule has 25 heteroatoms. The highest BCUT2D eigenvalue weighted by molar-refractivity contribution is 6.16. The van der Waals surface area contributed by atoms with E-state index in [1.165, 1.54) is 0 Å². The smallest absolute Gasteiger partial charge is 0.342 e. The summed E-state index contributed by atoms with van der Waals surface area (Å²) in [7, 11) is 0. The van der Waals surface area contributed by atoms with E-state index in [4.69, 9.17) is 23.7 Å². The minimum Gasteiger partial charge on any atom is -0.507 e. The molecule has 5 heterocycles. The highest BCUT2D eigenvalue weighted by atomic mass is 16.6. The molecule has 0 unspecified atom stereocenters. The van der Waals surface area contributed by atoms with Gasteiger partial charge in [0.15, 0.2) is 70.4 Å². The maximum atomic E-state index is 15.0.